The first-order chi connectivity index (χ1) is 5.12. The molecular formula is C6H16N2O2S. The molecule has 0 aromatic rings. The van der Waals surface area contributed by atoms with Gasteiger partial charge in [0.05, 0.1) is 11.5 Å². The summed E-state index contributed by atoms with van der Waals surface area (Å²) in [6.45, 7) is 1.19. The Kier molecular flexibility index (Phi) is 5.45. The lowest BCUT2D eigenvalue weighted by Crippen LogP contribution is -2.11. The lowest BCUT2D eigenvalue weighted by atomic mass is 10.4. The molecule has 11 heavy (non-hydrogen) atoms. The molecule has 0 spiro atoms. The molecule has 4 nitrogen and oxygen atoms in total. The van der Waals surface area contributed by atoms with Crippen molar-refractivity contribution in [2.24, 2.45) is 11.5 Å². The molecule has 1 aliphatic heterocycles. The van der Waals surface area contributed by atoms with Crippen molar-refractivity contribution < 1.29 is 8.42 Å². The largest absolute Gasteiger partial charge is 0.329 e. The molecule has 1 aliphatic rings. The third kappa shape index (κ3) is 6.28. The maximum atomic E-state index is 10.4. The van der Waals surface area contributed by atoms with Gasteiger partial charge in [-0.25, -0.2) is 8.42 Å². The van der Waals surface area contributed by atoms with E-state index in [9.17, 15) is 8.42 Å². The third-order valence-corrected chi connectivity index (χ3v) is 3.15. The Morgan fingerprint density at radius 3 is 1.45 bits per heavy atom. The lowest BCUT2D eigenvalue weighted by Gasteiger charge is -1.81. The van der Waals surface area contributed by atoms with Crippen LogP contribution >= 0.6 is 0 Å². The van der Waals surface area contributed by atoms with E-state index in [4.69, 9.17) is 11.5 Å². The molecular weight excluding hydrogens is 164 g/mol. The summed E-state index contributed by atoms with van der Waals surface area (Å²) in [5.41, 5.74) is 9.81. The standard InChI is InChI=1S/C4H8O2S.C2H8N2/c5-7(6)3-1-2-4-7;3-1-2-4/h1-4H2;1-4H2. The fourth-order valence-corrected chi connectivity index (χ4v) is 2.24. The van der Waals surface area contributed by atoms with Crippen molar-refractivity contribution in [1.82, 2.24) is 0 Å². The maximum Gasteiger partial charge on any atom is 0.150 e. The highest BCUT2D eigenvalue weighted by atomic mass is 32.2. The smallest absolute Gasteiger partial charge is 0.150 e. The zero-order valence-electron chi connectivity index (χ0n) is 6.62. The van der Waals surface area contributed by atoms with Crippen LogP contribution in [0.2, 0.25) is 0 Å². The van der Waals surface area contributed by atoms with Gasteiger partial charge in [0.15, 0.2) is 0 Å². The first kappa shape index (κ1) is 10.9. The molecule has 0 aliphatic carbocycles. The summed E-state index contributed by atoms with van der Waals surface area (Å²) in [7, 11) is -2.55. The number of sulfone groups is 1. The van der Waals surface area contributed by atoms with Crippen LogP contribution in [0.25, 0.3) is 0 Å². The van der Waals surface area contributed by atoms with E-state index >= 15 is 0 Å². The summed E-state index contributed by atoms with van der Waals surface area (Å²) in [6.07, 6.45) is 1.75. The van der Waals surface area contributed by atoms with Crippen LogP contribution in [0.5, 0.6) is 0 Å². The summed E-state index contributed by atoms with van der Waals surface area (Å²) in [6, 6.07) is 0. The zero-order valence-corrected chi connectivity index (χ0v) is 7.44. The number of rotatable bonds is 1. The second kappa shape index (κ2) is 5.51. The Morgan fingerprint density at radius 1 is 1.00 bits per heavy atom. The van der Waals surface area contributed by atoms with Crippen molar-refractivity contribution >= 4 is 9.84 Å². The van der Waals surface area contributed by atoms with Crippen LogP contribution in [0.3, 0.4) is 0 Å². The van der Waals surface area contributed by atoms with Crippen molar-refractivity contribution in [3.8, 4) is 0 Å². The quantitative estimate of drug-likeness (QED) is 0.547. The van der Waals surface area contributed by atoms with E-state index in [1.165, 1.54) is 0 Å². The topological polar surface area (TPSA) is 86.2 Å². The Hall–Kier alpha value is -0.130. The highest BCUT2D eigenvalue weighted by Gasteiger charge is 2.16. The van der Waals surface area contributed by atoms with E-state index in [2.05, 4.69) is 0 Å². The molecule has 0 atom stereocenters. The van der Waals surface area contributed by atoms with E-state index in [0.717, 1.165) is 12.8 Å². The van der Waals surface area contributed by atoms with Gasteiger partial charge in [-0.2, -0.15) is 0 Å². The van der Waals surface area contributed by atoms with Gasteiger partial charge < -0.3 is 11.5 Å². The van der Waals surface area contributed by atoms with E-state index in [1.807, 2.05) is 0 Å². The fraction of sp³-hybridized carbons (Fsp3) is 1.00. The Balaban J connectivity index is 0.000000218. The number of hydrogen-bond acceptors (Lipinski definition) is 4. The molecule has 5 heteroatoms. The van der Waals surface area contributed by atoms with Crippen molar-refractivity contribution in [3.05, 3.63) is 0 Å². The van der Waals surface area contributed by atoms with Gasteiger partial charge in [-0.05, 0) is 12.8 Å². The van der Waals surface area contributed by atoms with E-state index in [1.54, 1.807) is 0 Å². The molecule has 0 aromatic heterocycles. The minimum absolute atomic E-state index is 0.424. The van der Waals surface area contributed by atoms with Gasteiger partial charge in [-0.1, -0.05) is 0 Å². The van der Waals surface area contributed by atoms with Crippen molar-refractivity contribution in [2.45, 2.75) is 12.8 Å². The summed E-state index contributed by atoms with van der Waals surface area (Å²) in [5, 5.41) is 0. The first-order valence-electron chi connectivity index (χ1n) is 3.73. The lowest BCUT2D eigenvalue weighted by molar-refractivity contribution is 0.602. The van der Waals surface area contributed by atoms with Crippen LogP contribution in [0.4, 0.5) is 0 Å². The fourth-order valence-electron chi connectivity index (χ4n) is 0.746. The molecule has 1 fully saturated rings. The van der Waals surface area contributed by atoms with Gasteiger partial charge in [0.1, 0.15) is 9.84 Å². The Labute approximate surface area is 67.9 Å². The third-order valence-electron chi connectivity index (χ3n) is 1.33. The Morgan fingerprint density at radius 2 is 1.36 bits per heavy atom. The SMILES string of the molecule is NCCN.O=S1(=O)CCCC1. The minimum atomic E-state index is -2.55. The van der Waals surface area contributed by atoms with Crippen LogP contribution < -0.4 is 11.5 Å². The van der Waals surface area contributed by atoms with Crippen LogP contribution in [-0.2, 0) is 9.84 Å². The van der Waals surface area contributed by atoms with Crippen LogP contribution in [0, 0.1) is 0 Å². The molecule has 0 amide bonds. The minimum Gasteiger partial charge on any atom is -0.329 e. The van der Waals surface area contributed by atoms with Crippen molar-refractivity contribution in [1.29, 1.82) is 0 Å². The van der Waals surface area contributed by atoms with Crippen molar-refractivity contribution in [3.63, 3.8) is 0 Å². The van der Waals surface area contributed by atoms with Crippen LogP contribution in [0.15, 0.2) is 0 Å². The molecule has 0 unspecified atom stereocenters. The van der Waals surface area contributed by atoms with E-state index in [-0.39, 0.29) is 0 Å². The molecule has 1 saturated heterocycles. The highest BCUT2D eigenvalue weighted by molar-refractivity contribution is 7.91. The molecule has 68 valence electrons. The molecule has 0 radical (unpaired) electrons. The van der Waals surface area contributed by atoms with Gasteiger partial charge in [-0.3, -0.25) is 0 Å². The van der Waals surface area contributed by atoms with Gasteiger partial charge in [0, 0.05) is 13.1 Å². The number of nitrogens with two attached hydrogens (primary N) is 2. The highest BCUT2D eigenvalue weighted by Crippen LogP contribution is 2.08. The van der Waals surface area contributed by atoms with E-state index < -0.39 is 9.84 Å². The molecule has 1 heterocycles. The number of hydrogen-bond donors (Lipinski definition) is 2. The summed E-state index contributed by atoms with van der Waals surface area (Å²) < 4.78 is 20.9. The maximum absolute atomic E-state index is 10.4. The monoisotopic (exact) mass is 180 g/mol. The summed E-state index contributed by atoms with van der Waals surface area (Å²) in [4.78, 5) is 0. The summed E-state index contributed by atoms with van der Waals surface area (Å²) in [5.74, 6) is 0.847. The van der Waals surface area contributed by atoms with E-state index in [0.29, 0.717) is 24.6 Å². The average molecular weight is 180 g/mol. The van der Waals surface area contributed by atoms with Gasteiger partial charge in [0.25, 0.3) is 0 Å². The van der Waals surface area contributed by atoms with Gasteiger partial charge in [-0.15, -0.1) is 0 Å². The molecule has 0 aromatic carbocycles. The average Bonchev–Trinajstić information content (AvgIpc) is 2.35. The van der Waals surface area contributed by atoms with Gasteiger partial charge in [0.2, 0.25) is 0 Å². The van der Waals surface area contributed by atoms with Crippen LogP contribution in [-0.4, -0.2) is 33.0 Å². The predicted octanol–water partition coefficient (Wildman–Crippen LogP) is -0.901. The molecule has 4 N–H and O–H groups in total. The Bertz CT molecular complexity index is 163. The normalized spacial score (nSPS) is 20.5. The predicted molar refractivity (Wildman–Crippen MR) is 46.0 cm³/mol. The molecule has 1 rings (SSSR count). The van der Waals surface area contributed by atoms with Crippen molar-refractivity contribution in [2.75, 3.05) is 24.6 Å². The second-order valence-corrected chi connectivity index (χ2v) is 4.74. The van der Waals surface area contributed by atoms with Crippen LogP contribution in [0.1, 0.15) is 12.8 Å². The first-order valence-corrected chi connectivity index (χ1v) is 5.55. The second-order valence-electron chi connectivity index (χ2n) is 2.44. The van der Waals surface area contributed by atoms with Gasteiger partial charge >= 0.3 is 0 Å². The molecule has 0 saturated carbocycles. The summed E-state index contributed by atoms with van der Waals surface area (Å²) >= 11 is 0. The molecule has 0 bridgehead atoms. The zero-order chi connectivity index (χ0) is 8.74.